The average Bonchev–Trinajstić information content (AvgIpc) is 3.57. The van der Waals surface area contributed by atoms with Gasteiger partial charge in [-0.25, -0.2) is 24.9 Å². The van der Waals surface area contributed by atoms with E-state index >= 15 is 0 Å². The van der Waals surface area contributed by atoms with E-state index in [2.05, 4.69) is 84.9 Å². The molecule has 0 unspecified atom stereocenters. The van der Waals surface area contributed by atoms with Crippen LogP contribution in [0.4, 0.5) is 0 Å². The summed E-state index contributed by atoms with van der Waals surface area (Å²) in [5, 5.41) is 1.15. The molecule has 9 rings (SSSR count). The number of nitrogens with zero attached hydrogens (tertiary/aromatic N) is 5. The van der Waals surface area contributed by atoms with Crippen molar-refractivity contribution in [3.63, 3.8) is 0 Å². The molecule has 0 spiro atoms. The first-order chi connectivity index (χ1) is 24.3. The highest BCUT2D eigenvalue weighted by Crippen LogP contribution is 2.40. The van der Waals surface area contributed by atoms with Crippen LogP contribution in [0.2, 0.25) is 0 Å². The highest BCUT2D eigenvalue weighted by Gasteiger charge is 2.18. The van der Waals surface area contributed by atoms with E-state index in [4.69, 9.17) is 24.9 Å². The fourth-order valence-electron chi connectivity index (χ4n) is 6.12. The van der Waals surface area contributed by atoms with Gasteiger partial charge in [0.25, 0.3) is 0 Å². The van der Waals surface area contributed by atoms with Crippen LogP contribution >= 0.6 is 11.3 Å². The molecular weight excluding hydrogens is 619 g/mol. The molecule has 3 heterocycles. The summed E-state index contributed by atoms with van der Waals surface area (Å²) in [5.41, 5.74) is 8.89. The summed E-state index contributed by atoms with van der Waals surface area (Å²) >= 11 is 1.74. The van der Waals surface area contributed by atoms with Gasteiger partial charge in [0.1, 0.15) is 0 Å². The van der Waals surface area contributed by atoms with Gasteiger partial charge >= 0.3 is 0 Å². The van der Waals surface area contributed by atoms with Crippen molar-refractivity contribution in [3.8, 4) is 67.9 Å². The van der Waals surface area contributed by atoms with Crippen molar-refractivity contribution in [2.45, 2.75) is 0 Å². The largest absolute Gasteiger partial charge is 0.226 e. The predicted molar refractivity (Wildman–Crippen MR) is 201 cm³/mol. The van der Waals surface area contributed by atoms with Gasteiger partial charge in [0.15, 0.2) is 23.3 Å². The molecule has 0 aliphatic rings. The quantitative estimate of drug-likeness (QED) is 0.180. The van der Waals surface area contributed by atoms with Gasteiger partial charge < -0.3 is 0 Å². The molecule has 0 amide bonds. The lowest BCUT2D eigenvalue weighted by Gasteiger charge is -2.11. The van der Waals surface area contributed by atoms with Crippen molar-refractivity contribution in [2.24, 2.45) is 0 Å². The zero-order chi connectivity index (χ0) is 32.6. The van der Waals surface area contributed by atoms with Gasteiger partial charge in [-0.1, -0.05) is 146 Å². The van der Waals surface area contributed by atoms with Crippen molar-refractivity contribution in [1.82, 2.24) is 24.9 Å². The van der Waals surface area contributed by atoms with Crippen LogP contribution in [0.15, 0.2) is 164 Å². The monoisotopic (exact) mass is 645 g/mol. The lowest BCUT2D eigenvalue weighted by atomic mass is 9.99. The summed E-state index contributed by atoms with van der Waals surface area (Å²) < 4.78 is 2.28. The third-order valence-corrected chi connectivity index (χ3v) is 9.71. The van der Waals surface area contributed by atoms with Crippen LogP contribution in [0.5, 0.6) is 0 Å². The van der Waals surface area contributed by atoms with Crippen LogP contribution in [0.1, 0.15) is 0 Å². The normalized spacial score (nSPS) is 11.3. The maximum Gasteiger partial charge on any atom is 0.164 e. The molecule has 230 valence electrons. The van der Waals surface area contributed by atoms with E-state index in [0.29, 0.717) is 17.5 Å². The van der Waals surface area contributed by atoms with Crippen molar-refractivity contribution < 1.29 is 0 Å². The molecule has 9 aromatic rings. The van der Waals surface area contributed by atoms with Gasteiger partial charge in [0, 0.05) is 37.9 Å². The fourth-order valence-corrected chi connectivity index (χ4v) is 7.28. The molecule has 6 aromatic carbocycles. The summed E-state index contributed by atoms with van der Waals surface area (Å²) in [6, 6.07) is 55.8. The molecule has 0 N–H and O–H groups in total. The van der Waals surface area contributed by atoms with E-state index in [1.807, 2.05) is 78.9 Å². The maximum atomic E-state index is 5.19. The Morgan fingerprint density at radius 2 is 0.755 bits per heavy atom. The number of rotatable bonds is 6. The first-order valence-corrected chi connectivity index (χ1v) is 16.9. The van der Waals surface area contributed by atoms with Gasteiger partial charge in [0.05, 0.1) is 15.9 Å². The van der Waals surface area contributed by atoms with E-state index < -0.39 is 0 Å². The minimum absolute atomic E-state index is 0.626. The van der Waals surface area contributed by atoms with Gasteiger partial charge in [-0.15, -0.1) is 11.3 Å². The maximum absolute atomic E-state index is 5.19. The molecule has 0 bridgehead atoms. The summed E-state index contributed by atoms with van der Waals surface area (Å²) in [4.78, 5) is 25.0. The molecule has 0 radical (unpaired) electrons. The smallest absolute Gasteiger partial charge is 0.164 e. The van der Waals surface area contributed by atoms with Crippen molar-refractivity contribution >= 4 is 31.6 Å². The number of fused-ring (bicyclic) bond motifs is 3. The molecule has 0 aliphatic carbocycles. The Morgan fingerprint density at radius 3 is 1.35 bits per heavy atom. The fraction of sp³-hybridized carbons (Fsp3) is 0. The number of hydrogen-bond donors (Lipinski definition) is 0. The Labute approximate surface area is 287 Å². The molecule has 49 heavy (non-hydrogen) atoms. The average molecular weight is 646 g/mol. The van der Waals surface area contributed by atoms with E-state index in [1.165, 1.54) is 4.70 Å². The second-order valence-electron chi connectivity index (χ2n) is 11.7. The van der Waals surface area contributed by atoms with Crippen LogP contribution in [0.25, 0.3) is 88.2 Å². The molecule has 0 atom stereocenters. The zero-order valence-corrected chi connectivity index (χ0v) is 27.0. The number of benzene rings is 6. The summed E-state index contributed by atoms with van der Waals surface area (Å²) in [6.07, 6.45) is 0. The molecule has 0 fully saturated rings. The van der Waals surface area contributed by atoms with E-state index in [0.717, 1.165) is 66.1 Å². The SMILES string of the molecule is c1ccc(-c2nc(-c3ccccc3)nc(-c3cccc(-c4cccc(-c5nc(-c6ccccc6)nc6c5sc5ccccc56)c4)c3)n2)cc1. The Hall–Kier alpha value is -6.37. The third-order valence-electron chi connectivity index (χ3n) is 8.54. The van der Waals surface area contributed by atoms with Crippen LogP contribution in [-0.2, 0) is 0 Å². The lowest BCUT2D eigenvalue weighted by Crippen LogP contribution is -2.00. The Balaban J connectivity index is 1.17. The van der Waals surface area contributed by atoms with Gasteiger partial charge in [0.2, 0.25) is 0 Å². The number of aromatic nitrogens is 5. The van der Waals surface area contributed by atoms with Crippen LogP contribution < -0.4 is 0 Å². The van der Waals surface area contributed by atoms with Gasteiger partial charge in [-0.2, -0.15) is 0 Å². The second kappa shape index (κ2) is 12.3. The van der Waals surface area contributed by atoms with Crippen LogP contribution in [-0.4, -0.2) is 24.9 Å². The van der Waals surface area contributed by atoms with Crippen molar-refractivity contribution in [1.29, 1.82) is 0 Å². The van der Waals surface area contributed by atoms with Gasteiger partial charge in [-0.3, -0.25) is 0 Å². The standard InChI is InChI=1S/C43H27N5S/c1-4-14-28(15-5-1)40-44-37(39-38(45-40)35-24-10-11-25-36(35)49-39)33-22-12-20-31(26-33)32-21-13-23-34(27-32)43-47-41(29-16-6-2-7-17-29)46-42(48-43)30-18-8-3-9-19-30/h1-27H. The predicted octanol–water partition coefficient (Wildman–Crippen LogP) is 11.0. The van der Waals surface area contributed by atoms with E-state index in [9.17, 15) is 0 Å². The molecule has 0 aliphatic heterocycles. The Morgan fingerprint density at radius 1 is 0.327 bits per heavy atom. The Bertz CT molecular complexity index is 2540. The summed E-state index contributed by atoms with van der Waals surface area (Å²) in [6.45, 7) is 0. The second-order valence-corrected chi connectivity index (χ2v) is 12.8. The summed E-state index contributed by atoms with van der Waals surface area (Å²) in [7, 11) is 0. The number of hydrogen-bond acceptors (Lipinski definition) is 6. The first-order valence-electron chi connectivity index (χ1n) is 16.1. The summed E-state index contributed by atoms with van der Waals surface area (Å²) in [5.74, 6) is 2.63. The highest BCUT2D eigenvalue weighted by atomic mass is 32.1. The minimum Gasteiger partial charge on any atom is -0.226 e. The van der Waals surface area contributed by atoms with Gasteiger partial charge in [-0.05, 0) is 29.3 Å². The highest BCUT2D eigenvalue weighted by molar-refractivity contribution is 7.26. The van der Waals surface area contributed by atoms with Crippen LogP contribution in [0, 0.1) is 0 Å². The van der Waals surface area contributed by atoms with Crippen LogP contribution in [0.3, 0.4) is 0 Å². The van der Waals surface area contributed by atoms with E-state index in [1.54, 1.807) is 11.3 Å². The zero-order valence-electron chi connectivity index (χ0n) is 26.2. The topological polar surface area (TPSA) is 64.5 Å². The van der Waals surface area contributed by atoms with Crippen molar-refractivity contribution in [3.05, 3.63) is 164 Å². The molecule has 5 nitrogen and oxygen atoms in total. The molecule has 6 heteroatoms. The molecule has 0 saturated carbocycles. The molecular formula is C43H27N5S. The van der Waals surface area contributed by atoms with Crippen molar-refractivity contribution in [2.75, 3.05) is 0 Å². The number of thiophene rings is 1. The van der Waals surface area contributed by atoms with E-state index in [-0.39, 0.29) is 0 Å². The molecule has 0 saturated heterocycles. The first kappa shape index (κ1) is 28.8. The third kappa shape index (κ3) is 5.54. The Kier molecular flexibility index (Phi) is 7.26. The molecule has 3 aromatic heterocycles. The lowest BCUT2D eigenvalue weighted by molar-refractivity contribution is 1.07. The minimum atomic E-state index is 0.626.